The van der Waals surface area contributed by atoms with Gasteiger partial charge in [-0.3, -0.25) is 0 Å². The molecule has 1 atom stereocenters. The van der Waals surface area contributed by atoms with Crippen LogP contribution < -0.4 is 5.32 Å². The maximum Gasteiger partial charge on any atom is 0.332 e. The van der Waals surface area contributed by atoms with E-state index in [0.717, 1.165) is 5.56 Å². The number of aliphatic hydroxyl groups excluding tert-OH is 1. The first kappa shape index (κ1) is 13.4. The molecule has 0 aromatic heterocycles. The van der Waals surface area contributed by atoms with Gasteiger partial charge < -0.3 is 15.5 Å². The van der Waals surface area contributed by atoms with Gasteiger partial charge in [-0.05, 0) is 12.0 Å². The van der Waals surface area contributed by atoms with Gasteiger partial charge in [0.2, 0.25) is 0 Å². The fraction of sp³-hybridized carbons (Fsp3) is 0.308. The second-order valence-electron chi connectivity index (χ2n) is 3.86. The van der Waals surface area contributed by atoms with Crippen molar-refractivity contribution in [3.63, 3.8) is 0 Å². The van der Waals surface area contributed by atoms with E-state index in [2.05, 4.69) is 11.9 Å². The lowest BCUT2D eigenvalue weighted by Gasteiger charge is -2.16. The van der Waals surface area contributed by atoms with E-state index in [1.54, 1.807) is 0 Å². The average Bonchev–Trinajstić information content (AvgIpc) is 2.35. The molecule has 4 heteroatoms. The van der Waals surface area contributed by atoms with Crippen molar-refractivity contribution in [3.8, 4) is 0 Å². The average molecular weight is 235 g/mol. The Balaban J connectivity index is 2.44. The fourth-order valence-corrected chi connectivity index (χ4v) is 1.44. The zero-order chi connectivity index (χ0) is 12.7. The number of rotatable bonds is 7. The molecule has 92 valence electrons. The Morgan fingerprint density at radius 1 is 1.35 bits per heavy atom. The van der Waals surface area contributed by atoms with E-state index >= 15 is 0 Å². The summed E-state index contributed by atoms with van der Waals surface area (Å²) in [6, 6.07) is 9.57. The van der Waals surface area contributed by atoms with Crippen LogP contribution in [0.3, 0.4) is 0 Å². The maximum absolute atomic E-state index is 10.6. The van der Waals surface area contributed by atoms with Gasteiger partial charge in [0, 0.05) is 18.2 Å². The molecule has 0 aliphatic carbocycles. The minimum absolute atomic E-state index is 0.0399. The molecule has 1 aromatic rings. The Morgan fingerprint density at radius 2 is 2.00 bits per heavy atom. The molecule has 4 nitrogen and oxygen atoms in total. The zero-order valence-corrected chi connectivity index (χ0v) is 9.60. The molecule has 0 aliphatic heterocycles. The number of aliphatic carboxylic acids is 1. The first-order valence-corrected chi connectivity index (χ1v) is 5.42. The molecular formula is C13H17NO3. The molecule has 0 fully saturated rings. The van der Waals surface area contributed by atoms with Crippen molar-refractivity contribution in [2.75, 3.05) is 13.2 Å². The SMILES string of the molecule is C=C(CNC(CO)Cc1ccccc1)C(=O)O. The number of aliphatic hydroxyl groups is 1. The molecule has 1 rings (SSSR count). The Bertz CT molecular complexity index is 376. The van der Waals surface area contributed by atoms with Crippen molar-refractivity contribution in [2.24, 2.45) is 0 Å². The summed E-state index contributed by atoms with van der Waals surface area (Å²) in [5, 5.41) is 20.8. The van der Waals surface area contributed by atoms with Crippen molar-refractivity contribution >= 4 is 5.97 Å². The summed E-state index contributed by atoms with van der Waals surface area (Å²) in [7, 11) is 0. The van der Waals surface area contributed by atoms with Crippen LogP contribution in [0.25, 0.3) is 0 Å². The number of hydrogen-bond donors (Lipinski definition) is 3. The quantitative estimate of drug-likeness (QED) is 0.612. The first-order valence-electron chi connectivity index (χ1n) is 5.42. The zero-order valence-electron chi connectivity index (χ0n) is 9.60. The van der Waals surface area contributed by atoms with Crippen molar-refractivity contribution in [3.05, 3.63) is 48.0 Å². The van der Waals surface area contributed by atoms with Gasteiger partial charge in [-0.15, -0.1) is 0 Å². The van der Waals surface area contributed by atoms with Gasteiger partial charge in [-0.2, -0.15) is 0 Å². The number of carboxylic acid groups (broad SMARTS) is 1. The molecule has 1 unspecified atom stereocenters. The number of nitrogens with one attached hydrogen (secondary N) is 1. The molecule has 0 heterocycles. The Kier molecular flexibility index (Phi) is 5.39. The van der Waals surface area contributed by atoms with Crippen molar-refractivity contribution < 1.29 is 15.0 Å². The summed E-state index contributed by atoms with van der Waals surface area (Å²) in [4.78, 5) is 10.6. The monoisotopic (exact) mass is 235 g/mol. The van der Waals surface area contributed by atoms with E-state index in [1.807, 2.05) is 30.3 Å². The number of benzene rings is 1. The largest absolute Gasteiger partial charge is 0.478 e. The molecule has 17 heavy (non-hydrogen) atoms. The molecule has 0 saturated heterocycles. The van der Waals surface area contributed by atoms with Crippen LogP contribution in [0.15, 0.2) is 42.5 Å². The van der Waals surface area contributed by atoms with Gasteiger partial charge in [0.1, 0.15) is 0 Å². The lowest BCUT2D eigenvalue weighted by atomic mass is 10.1. The summed E-state index contributed by atoms with van der Waals surface area (Å²) in [5.74, 6) is -1.02. The molecule has 0 radical (unpaired) electrons. The Hall–Kier alpha value is -1.65. The van der Waals surface area contributed by atoms with E-state index in [9.17, 15) is 9.90 Å². The van der Waals surface area contributed by atoms with Crippen LogP contribution in [0.1, 0.15) is 5.56 Å². The number of carbonyl (C=O) groups is 1. The second-order valence-corrected chi connectivity index (χ2v) is 3.86. The molecule has 0 bridgehead atoms. The molecule has 3 N–H and O–H groups in total. The van der Waals surface area contributed by atoms with Gasteiger partial charge >= 0.3 is 5.97 Å². The Labute approximate surface area is 101 Å². The van der Waals surface area contributed by atoms with E-state index in [4.69, 9.17) is 5.11 Å². The highest BCUT2D eigenvalue weighted by Crippen LogP contribution is 2.03. The number of hydrogen-bond acceptors (Lipinski definition) is 3. The van der Waals surface area contributed by atoms with Crippen molar-refractivity contribution in [1.29, 1.82) is 0 Å². The molecule has 0 aliphatic rings. The van der Waals surface area contributed by atoms with E-state index in [1.165, 1.54) is 0 Å². The highest BCUT2D eigenvalue weighted by Gasteiger charge is 2.10. The lowest BCUT2D eigenvalue weighted by Crippen LogP contribution is -2.36. The fourth-order valence-electron chi connectivity index (χ4n) is 1.44. The third-order valence-corrected chi connectivity index (χ3v) is 2.45. The summed E-state index contributed by atoms with van der Waals surface area (Å²) < 4.78 is 0. The molecular weight excluding hydrogens is 218 g/mol. The highest BCUT2D eigenvalue weighted by atomic mass is 16.4. The van der Waals surface area contributed by atoms with Crippen LogP contribution in [-0.2, 0) is 11.2 Å². The third kappa shape index (κ3) is 4.80. The van der Waals surface area contributed by atoms with Gasteiger partial charge in [-0.1, -0.05) is 36.9 Å². The third-order valence-electron chi connectivity index (χ3n) is 2.45. The normalized spacial score (nSPS) is 12.1. The number of carboxylic acids is 1. The van der Waals surface area contributed by atoms with Gasteiger partial charge in [0.25, 0.3) is 0 Å². The van der Waals surface area contributed by atoms with Crippen LogP contribution >= 0.6 is 0 Å². The maximum atomic E-state index is 10.6. The minimum atomic E-state index is -1.02. The smallest absolute Gasteiger partial charge is 0.332 e. The predicted octanol–water partition coefficient (Wildman–Crippen LogP) is 0.820. The van der Waals surface area contributed by atoms with Crippen LogP contribution in [-0.4, -0.2) is 35.4 Å². The summed E-state index contributed by atoms with van der Waals surface area (Å²) in [6.07, 6.45) is 0.657. The molecule has 0 saturated carbocycles. The lowest BCUT2D eigenvalue weighted by molar-refractivity contribution is -0.132. The standard InChI is InChI=1S/C13H17NO3/c1-10(13(16)17)8-14-12(9-15)7-11-5-3-2-4-6-11/h2-6,12,14-15H,1,7-9H2,(H,16,17). The van der Waals surface area contributed by atoms with Crippen LogP contribution in [0, 0.1) is 0 Å². The van der Waals surface area contributed by atoms with Crippen molar-refractivity contribution in [1.82, 2.24) is 5.32 Å². The van der Waals surface area contributed by atoms with E-state index in [0.29, 0.717) is 6.42 Å². The molecule has 0 spiro atoms. The predicted molar refractivity (Wildman–Crippen MR) is 65.8 cm³/mol. The van der Waals surface area contributed by atoms with E-state index in [-0.39, 0.29) is 24.8 Å². The van der Waals surface area contributed by atoms with Crippen molar-refractivity contribution in [2.45, 2.75) is 12.5 Å². The molecule has 1 aromatic carbocycles. The summed E-state index contributed by atoms with van der Waals surface area (Å²) in [5.41, 5.74) is 1.19. The Morgan fingerprint density at radius 3 is 2.53 bits per heavy atom. The topological polar surface area (TPSA) is 69.6 Å². The summed E-state index contributed by atoms with van der Waals surface area (Å²) >= 11 is 0. The van der Waals surface area contributed by atoms with Gasteiger partial charge in [0.15, 0.2) is 0 Å². The van der Waals surface area contributed by atoms with Crippen LogP contribution in [0.5, 0.6) is 0 Å². The van der Waals surface area contributed by atoms with Gasteiger partial charge in [-0.25, -0.2) is 4.79 Å². The second kappa shape index (κ2) is 6.83. The van der Waals surface area contributed by atoms with Crippen LogP contribution in [0.4, 0.5) is 0 Å². The highest BCUT2D eigenvalue weighted by molar-refractivity contribution is 5.86. The molecule has 0 amide bonds. The van der Waals surface area contributed by atoms with E-state index < -0.39 is 5.97 Å². The summed E-state index contributed by atoms with van der Waals surface area (Å²) in [6.45, 7) is 3.56. The van der Waals surface area contributed by atoms with Crippen LogP contribution in [0.2, 0.25) is 0 Å². The minimum Gasteiger partial charge on any atom is -0.478 e. The first-order chi connectivity index (χ1) is 8.13. The van der Waals surface area contributed by atoms with Gasteiger partial charge in [0.05, 0.1) is 6.61 Å².